The Morgan fingerprint density at radius 3 is 2.93 bits per heavy atom. The van der Waals surface area contributed by atoms with Crippen LogP contribution < -0.4 is 5.32 Å². The van der Waals surface area contributed by atoms with E-state index < -0.39 is 0 Å². The van der Waals surface area contributed by atoms with Crippen LogP contribution in [-0.2, 0) is 9.53 Å². The molecular weight excluding hydrogens is 178 g/mol. The van der Waals surface area contributed by atoms with Crippen LogP contribution in [0.1, 0.15) is 32.6 Å². The molecule has 1 N–H and O–H groups in total. The number of hydrogen-bond donors (Lipinski definition) is 1. The van der Waals surface area contributed by atoms with Gasteiger partial charge in [-0.3, -0.25) is 4.79 Å². The standard InChI is InChI=1S/C11H21NO2/c1-9(6-8-14-2)11(13)10-5-3-4-7-12-10/h9-10,12H,3-8H2,1-2H3. The van der Waals surface area contributed by atoms with Crippen LogP contribution in [0.25, 0.3) is 0 Å². The Balaban J connectivity index is 2.30. The molecule has 3 nitrogen and oxygen atoms in total. The smallest absolute Gasteiger partial charge is 0.152 e. The minimum Gasteiger partial charge on any atom is -0.385 e. The van der Waals surface area contributed by atoms with Crippen LogP contribution in [0.3, 0.4) is 0 Å². The number of ketones is 1. The number of rotatable bonds is 5. The highest BCUT2D eigenvalue weighted by molar-refractivity contribution is 5.86. The fourth-order valence-electron chi connectivity index (χ4n) is 1.87. The lowest BCUT2D eigenvalue weighted by atomic mass is 9.92. The Bertz CT molecular complexity index is 176. The fraction of sp³-hybridized carbons (Fsp3) is 0.909. The Kier molecular flexibility index (Phi) is 5.12. The van der Waals surface area contributed by atoms with E-state index in [2.05, 4.69) is 5.32 Å². The van der Waals surface area contributed by atoms with Gasteiger partial charge in [0, 0.05) is 19.6 Å². The van der Waals surface area contributed by atoms with Crippen molar-refractivity contribution in [3.05, 3.63) is 0 Å². The van der Waals surface area contributed by atoms with Crippen LogP contribution >= 0.6 is 0 Å². The molecule has 14 heavy (non-hydrogen) atoms. The van der Waals surface area contributed by atoms with E-state index in [0.717, 1.165) is 19.4 Å². The summed E-state index contributed by atoms with van der Waals surface area (Å²) in [5, 5.41) is 3.29. The van der Waals surface area contributed by atoms with E-state index in [4.69, 9.17) is 4.74 Å². The predicted octanol–water partition coefficient (Wildman–Crippen LogP) is 1.37. The second-order valence-corrected chi connectivity index (χ2v) is 4.09. The maximum absolute atomic E-state index is 11.9. The molecule has 0 saturated carbocycles. The maximum Gasteiger partial charge on any atom is 0.152 e. The Hall–Kier alpha value is -0.410. The minimum absolute atomic E-state index is 0.107. The predicted molar refractivity (Wildman–Crippen MR) is 56.3 cm³/mol. The average molecular weight is 199 g/mol. The van der Waals surface area contributed by atoms with Crippen LogP contribution in [0.4, 0.5) is 0 Å². The zero-order valence-corrected chi connectivity index (χ0v) is 9.21. The van der Waals surface area contributed by atoms with Gasteiger partial charge in [-0.25, -0.2) is 0 Å². The van der Waals surface area contributed by atoms with E-state index in [0.29, 0.717) is 12.4 Å². The van der Waals surface area contributed by atoms with Gasteiger partial charge in [-0.15, -0.1) is 0 Å². The molecule has 0 radical (unpaired) electrons. The summed E-state index contributed by atoms with van der Waals surface area (Å²) in [6, 6.07) is 0.107. The van der Waals surface area contributed by atoms with Gasteiger partial charge in [-0.2, -0.15) is 0 Å². The lowest BCUT2D eigenvalue weighted by Crippen LogP contribution is -2.43. The van der Waals surface area contributed by atoms with Crippen molar-refractivity contribution in [2.75, 3.05) is 20.3 Å². The highest BCUT2D eigenvalue weighted by Crippen LogP contribution is 2.14. The molecular formula is C11H21NO2. The molecule has 0 amide bonds. The number of methoxy groups -OCH3 is 1. The summed E-state index contributed by atoms with van der Waals surface area (Å²) in [5.41, 5.74) is 0. The molecule has 0 aromatic rings. The topological polar surface area (TPSA) is 38.3 Å². The largest absolute Gasteiger partial charge is 0.385 e. The number of nitrogens with one attached hydrogen (secondary N) is 1. The van der Waals surface area contributed by atoms with Gasteiger partial charge < -0.3 is 10.1 Å². The third kappa shape index (κ3) is 3.39. The van der Waals surface area contributed by atoms with E-state index in [1.807, 2.05) is 6.92 Å². The normalized spacial score (nSPS) is 24.6. The summed E-state index contributed by atoms with van der Waals surface area (Å²) in [5.74, 6) is 0.493. The van der Waals surface area contributed by atoms with Gasteiger partial charge in [0.25, 0.3) is 0 Å². The van der Waals surface area contributed by atoms with E-state index in [1.54, 1.807) is 7.11 Å². The van der Waals surface area contributed by atoms with Gasteiger partial charge >= 0.3 is 0 Å². The first kappa shape index (κ1) is 11.7. The summed E-state index contributed by atoms with van der Waals surface area (Å²) in [4.78, 5) is 11.9. The summed E-state index contributed by atoms with van der Waals surface area (Å²) in [7, 11) is 1.68. The van der Waals surface area contributed by atoms with Crippen LogP contribution in [0.2, 0.25) is 0 Å². The fourth-order valence-corrected chi connectivity index (χ4v) is 1.87. The van der Waals surface area contributed by atoms with Gasteiger partial charge in [0.2, 0.25) is 0 Å². The number of carbonyl (C=O) groups excluding carboxylic acids is 1. The molecule has 2 unspecified atom stereocenters. The van der Waals surface area contributed by atoms with Crippen molar-refractivity contribution in [2.24, 2.45) is 5.92 Å². The van der Waals surface area contributed by atoms with Gasteiger partial charge in [-0.1, -0.05) is 13.3 Å². The van der Waals surface area contributed by atoms with Crippen molar-refractivity contribution in [3.63, 3.8) is 0 Å². The van der Waals surface area contributed by atoms with E-state index in [9.17, 15) is 4.79 Å². The Morgan fingerprint density at radius 2 is 2.36 bits per heavy atom. The third-order valence-corrected chi connectivity index (χ3v) is 2.89. The van der Waals surface area contributed by atoms with Crippen molar-refractivity contribution in [1.29, 1.82) is 0 Å². The molecule has 2 atom stereocenters. The second kappa shape index (κ2) is 6.14. The molecule has 1 aliphatic rings. The minimum atomic E-state index is 0.107. The highest BCUT2D eigenvalue weighted by atomic mass is 16.5. The van der Waals surface area contributed by atoms with Crippen molar-refractivity contribution in [3.8, 4) is 0 Å². The van der Waals surface area contributed by atoms with Crippen LogP contribution in [-0.4, -0.2) is 32.1 Å². The summed E-state index contributed by atoms with van der Waals surface area (Å²) in [6.07, 6.45) is 4.24. The van der Waals surface area contributed by atoms with Gasteiger partial charge in [0.05, 0.1) is 6.04 Å². The zero-order chi connectivity index (χ0) is 10.4. The van der Waals surface area contributed by atoms with Crippen molar-refractivity contribution < 1.29 is 9.53 Å². The van der Waals surface area contributed by atoms with Crippen LogP contribution in [0, 0.1) is 5.92 Å². The second-order valence-electron chi connectivity index (χ2n) is 4.09. The summed E-state index contributed by atoms with van der Waals surface area (Å²) in [6.45, 7) is 3.67. The Labute approximate surface area is 86.2 Å². The highest BCUT2D eigenvalue weighted by Gasteiger charge is 2.24. The monoisotopic (exact) mass is 199 g/mol. The van der Waals surface area contributed by atoms with E-state index >= 15 is 0 Å². The summed E-state index contributed by atoms with van der Waals surface area (Å²) < 4.78 is 4.98. The Morgan fingerprint density at radius 1 is 1.57 bits per heavy atom. The van der Waals surface area contributed by atoms with Crippen LogP contribution in [0.5, 0.6) is 0 Å². The number of piperidine rings is 1. The molecule has 0 spiro atoms. The number of Topliss-reactive ketones (excluding diaryl/α,β-unsaturated/α-hetero) is 1. The number of carbonyl (C=O) groups is 1. The van der Waals surface area contributed by atoms with Gasteiger partial charge in [0.15, 0.2) is 5.78 Å². The molecule has 1 fully saturated rings. The first-order valence-electron chi connectivity index (χ1n) is 5.51. The molecule has 0 bridgehead atoms. The SMILES string of the molecule is COCCC(C)C(=O)C1CCCCN1. The third-order valence-electron chi connectivity index (χ3n) is 2.89. The molecule has 0 aliphatic carbocycles. The zero-order valence-electron chi connectivity index (χ0n) is 9.21. The first-order chi connectivity index (χ1) is 6.75. The quantitative estimate of drug-likeness (QED) is 0.726. The maximum atomic E-state index is 11.9. The van der Waals surface area contributed by atoms with Gasteiger partial charge in [0.1, 0.15) is 0 Å². The molecule has 82 valence electrons. The molecule has 1 saturated heterocycles. The van der Waals surface area contributed by atoms with Crippen molar-refractivity contribution in [1.82, 2.24) is 5.32 Å². The summed E-state index contributed by atoms with van der Waals surface area (Å²) >= 11 is 0. The first-order valence-corrected chi connectivity index (χ1v) is 5.51. The van der Waals surface area contributed by atoms with E-state index in [1.165, 1.54) is 12.8 Å². The lowest BCUT2D eigenvalue weighted by molar-refractivity contribution is -0.125. The molecule has 1 aliphatic heterocycles. The molecule has 1 rings (SSSR count). The lowest BCUT2D eigenvalue weighted by Gasteiger charge is -2.24. The van der Waals surface area contributed by atoms with Crippen LogP contribution in [0.15, 0.2) is 0 Å². The number of hydrogen-bond acceptors (Lipinski definition) is 3. The molecule has 1 heterocycles. The van der Waals surface area contributed by atoms with Crippen molar-refractivity contribution >= 4 is 5.78 Å². The van der Waals surface area contributed by atoms with Gasteiger partial charge in [-0.05, 0) is 25.8 Å². The average Bonchev–Trinajstić information content (AvgIpc) is 2.26. The number of ether oxygens (including phenoxy) is 1. The molecule has 0 aromatic heterocycles. The van der Waals surface area contributed by atoms with Crippen molar-refractivity contribution in [2.45, 2.75) is 38.6 Å². The van der Waals surface area contributed by atoms with E-state index in [-0.39, 0.29) is 12.0 Å². The molecule has 0 aromatic carbocycles. The molecule has 3 heteroatoms.